The Morgan fingerprint density at radius 1 is 1.22 bits per heavy atom. The molecule has 0 heterocycles. The summed E-state index contributed by atoms with van der Waals surface area (Å²) in [7, 11) is 0. The van der Waals surface area contributed by atoms with Gasteiger partial charge in [0, 0.05) is 19.7 Å². The average Bonchev–Trinajstić information content (AvgIpc) is 2.35. The minimum absolute atomic E-state index is 0.221. The van der Waals surface area contributed by atoms with E-state index in [1.165, 1.54) is 6.07 Å². The standard InChI is InChI=1S/C14H9ClFIO/c1-8-2-3-9(6-12(8)16)14(18)11-7-10(15)4-5-13(11)17/h2-7H,1H3. The topological polar surface area (TPSA) is 17.1 Å². The molecule has 0 spiro atoms. The summed E-state index contributed by atoms with van der Waals surface area (Å²) >= 11 is 7.94. The number of ketones is 1. The molecule has 1 nitrogen and oxygen atoms in total. The third-order valence-corrected chi connectivity index (χ3v) is 3.78. The van der Waals surface area contributed by atoms with Crippen molar-refractivity contribution in [3.8, 4) is 0 Å². The lowest BCUT2D eigenvalue weighted by molar-refractivity contribution is 0.103. The molecule has 0 aliphatic heterocycles. The van der Waals surface area contributed by atoms with Gasteiger partial charge in [0.25, 0.3) is 0 Å². The zero-order valence-electron chi connectivity index (χ0n) is 9.51. The maximum Gasteiger partial charge on any atom is 0.194 e. The van der Waals surface area contributed by atoms with Gasteiger partial charge in [-0.15, -0.1) is 0 Å². The molecule has 0 fully saturated rings. The number of halogens is 3. The number of carbonyl (C=O) groups is 1. The lowest BCUT2D eigenvalue weighted by Gasteiger charge is -2.05. The van der Waals surface area contributed by atoms with Crippen molar-refractivity contribution in [2.45, 2.75) is 6.92 Å². The first-order chi connectivity index (χ1) is 8.49. The second-order valence-electron chi connectivity index (χ2n) is 3.92. The van der Waals surface area contributed by atoms with E-state index in [2.05, 4.69) is 22.6 Å². The molecule has 4 heteroatoms. The molecule has 0 saturated heterocycles. The monoisotopic (exact) mass is 374 g/mol. The van der Waals surface area contributed by atoms with E-state index in [0.717, 1.165) is 3.57 Å². The van der Waals surface area contributed by atoms with Crippen molar-refractivity contribution in [3.63, 3.8) is 0 Å². The zero-order valence-corrected chi connectivity index (χ0v) is 12.4. The fraction of sp³-hybridized carbons (Fsp3) is 0.0714. The Morgan fingerprint density at radius 3 is 2.61 bits per heavy atom. The Kier molecular flexibility index (Phi) is 4.02. The molecule has 0 radical (unpaired) electrons. The van der Waals surface area contributed by atoms with Crippen molar-refractivity contribution in [1.29, 1.82) is 0 Å². The number of hydrogen-bond donors (Lipinski definition) is 0. The summed E-state index contributed by atoms with van der Waals surface area (Å²) in [4.78, 5) is 12.3. The van der Waals surface area contributed by atoms with Crippen LogP contribution >= 0.6 is 34.2 Å². The Morgan fingerprint density at radius 2 is 1.94 bits per heavy atom. The number of hydrogen-bond acceptors (Lipinski definition) is 1. The van der Waals surface area contributed by atoms with Gasteiger partial charge in [-0.2, -0.15) is 0 Å². The normalized spacial score (nSPS) is 10.4. The summed E-state index contributed by atoms with van der Waals surface area (Å²) in [5.74, 6) is -0.598. The van der Waals surface area contributed by atoms with Crippen molar-refractivity contribution in [1.82, 2.24) is 0 Å². The Labute approximate surface area is 123 Å². The van der Waals surface area contributed by atoms with Crippen LogP contribution in [0.25, 0.3) is 0 Å². The van der Waals surface area contributed by atoms with Crippen LogP contribution in [-0.4, -0.2) is 5.78 Å². The van der Waals surface area contributed by atoms with Crippen molar-refractivity contribution >= 4 is 40.0 Å². The third kappa shape index (κ3) is 2.72. The van der Waals surface area contributed by atoms with Gasteiger partial charge in [-0.1, -0.05) is 23.7 Å². The molecule has 2 aromatic carbocycles. The van der Waals surface area contributed by atoms with Crippen molar-refractivity contribution in [2.24, 2.45) is 0 Å². The Bertz CT molecular complexity index is 625. The second-order valence-corrected chi connectivity index (χ2v) is 5.52. The molecule has 2 aromatic rings. The van der Waals surface area contributed by atoms with Gasteiger partial charge < -0.3 is 0 Å². The summed E-state index contributed by atoms with van der Waals surface area (Å²) < 4.78 is 14.2. The summed E-state index contributed by atoms with van der Waals surface area (Å²) in [5, 5.41) is 0.492. The van der Waals surface area contributed by atoms with E-state index >= 15 is 0 Å². The largest absolute Gasteiger partial charge is 0.289 e. The van der Waals surface area contributed by atoms with Gasteiger partial charge >= 0.3 is 0 Å². The molecule has 0 aliphatic carbocycles. The minimum atomic E-state index is -0.377. The van der Waals surface area contributed by atoms with Gasteiger partial charge in [0.2, 0.25) is 0 Å². The van der Waals surface area contributed by atoms with Crippen LogP contribution in [0, 0.1) is 16.3 Å². The molecule has 92 valence electrons. The zero-order chi connectivity index (χ0) is 13.3. The van der Waals surface area contributed by atoms with E-state index < -0.39 is 0 Å². The maximum absolute atomic E-state index is 13.5. The van der Waals surface area contributed by atoms with Gasteiger partial charge in [-0.05, 0) is 59.3 Å². The highest BCUT2D eigenvalue weighted by atomic mass is 127. The van der Waals surface area contributed by atoms with E-state index in [0.29, 0.717) is 21.7 Å². The van der Waals surface area contributed by atoms with Crippen LogP contribution < -0.4 is 0 Å². The van der Waals surface area contributed by atoms with E-state index in [-0.39, 0.29) is 11.6 Å². The lowest BCUT2D eigenvalue weighted by atomic mass is 10.0. The quantitative estimate of drug-likeness (QED) is 0.554. The first-order valence-corrected chi connectivity index (χ1v) is 6.70. The van der Waals surface area contributed by atoms with E-state index in [4.69, 9.17) is 11.6 Å². The van der Waals surface area contributed by atoms with Crippen LogP contribution in [0.15, 0.2) is 36.4 Å². The Hall–Kier alpha value is -0.940. The first kappa shape index (κ1) is 13.5. The third-order valence-electron chi connectivity index (χ3n) is 2.61. The van der Waals surface area contributed by atoms with Gasteiger partial charge in [-0.25, -0.2) is 4.39 Å². The van der Waals surface area contributed by atoms with Gasteiger partial charge in [0.15, 0.2) is 5.78 Å². The number of aryl methyl sites for hydroxylation is 1. The predicted molar refractivity (Wildman–Crippen MR) is 78.7 cm³/mol. The molecule has 0 bridgehead atoms. The highest BCUT2D eigenvalue weighted by molar-refractivity contribution is 14.1. The number of benzene rings is 2. The fourth-order valence-corrected chi connectivity index (χ4v) is 2.31. The number of carbonyl (C=O) groups excluding carboxylic acids is 1. The van der Waals surface area contributed by atoms with E-state index in [1.54, 1.807) is 37.3 Å². The summed E-state index contributed by atoms with van der Waals surface area (Å²) in [6.45, 7) is 1.66. The molecule has 2 rings (SSSR count). The van der Waals surface area contributed by atoms with Crippen LogP contribution in [0.1, 0.15) is 21.5 Å². The van der Waals surface area contributed by atoms with Crippen LogP contribution in [0.3, 0.4) is 0 Å². The molecule has 0 unspecified atom stereocenters. The van der Waals surface area contributed by atoms with E-state index in [9.17, 15) is 9.18 Å². The molecule has 0 N–H and O–H groups in total. The molecule has 0 aliphatic rings. The van der Waals surface area contributed by atoms with Crippen molar-refractivity contribution in [2.75, 3.05) is 0 Å². The summed E-state index contributed by atoms with van der Waals surface area (Å²) in [6, 6.07) is 9.56. The maximum atomic E-state index is 13.5. The van der Waals surface area contributed by atoms with Crippen LogP contribution in [-0.2, 0) is 0 Å². The fourth-order valence-electron chi connectivity index (χ4n) is 1.56. The minimum Gasteiger partial charge on any atom is -0.289 e. The number of rotatable bonds is 2. The van der Waals surface area contributed by atoms with Crippen LogP contribution in [0.2, 0.25) is 5.02 Å². The van der Waals surface area contributed by atoms with Crippen LogP contribution in [0.5, 0.6) is 0 Å². The molecule has 0 amide bonds. The summed E-state index contributed by atoms with van der Waals surface area (Å²) in [6.07, 6.45) is 0. The van der Waals surface area contributed by atoms with Gasteiger partial charge in [0.1, 0.15) is 5.82 Å². The molecular weight excluding hydrogens is 366 g/mol. The first-order valence-electron chi connectivity index (χ1n) is 5.25. The predicted octanol–water partition coefficient (Wildman–Crippen LogP) is 4.62. The highest BCUT2D eigenvalue weighted by Crippen LogP contribution is 2.21. The lowest BCUT2D eigenvalue weighted by Crippen LogP contribution is -2.04. The second kappa shape index (κ2) is 5.36. The molecular formula is C14H9ClFIO. The molecule has 0 aromatic heterocycles. The van der Waals surface area contributed by atoms with E-state index in [1.807, 2.05) is 0 Å². The molecule has 18 heavy (non-hydrogen) atoms. The summed E-state index contributed by atoms with van der Waals surface area (Å²) in [5.41, 5.74) is 1.34. The smallest absolute Gasteiger partial charge is 0.194 e. The van der Waals surface area contributed by atoms with Crippen molar-refractivity contribution < 1.29 is 9.18 Å². The SMILES string of the molecule is Cc1ccc(C(=O)c2cc(Cl)ccc2I)cc1F. The average molecular weight is 375 g/mol. The molecule has 0 saturated carbocycles. The van der Waals surface area contributed by atoms with Crippen molar-refractivity contribution in [3.05, 3.63) is 67.5 Å². The Balaban J connectivity index is 2.47. The van der Waals surface area contributed by atoms with Gasteiger partial charge in [-0.3, -0.25) is 4.79 Å². The molecule has 0 atom stereocenters. The van der Waals surface area contributed by atoms with Crippen LogP contribution in [0.4, 0.5) is 4.39 Å². The van der Waals surface area contributed by atoms with Gasteiger partial charge in [0.05, 0.1) is 0 Å². The highest BCUT2D eigenvalue weighted by Gasteiger charge is 2.14.